The summed E-state index contributed by atoms with van der Waals surface area (Å²) in [6.07, 6.45) is 2.38. The zero-order valence-corrected chi connectivity index (χ0v) is 11.1. The molecule has 13 heavy (non-hydrogen) atoms. The number of nitrogens with one attached hydrogen (secondary N) is 1. The Bertz CT molecular complexity index is 117. The minimum Gasteiger partial charge on any atom is -0.389 e. The van der Waals surface area contributed by atoms with E-state index in [9.17, 15) is 0 Å². The average molecular weight is 203 g/mol. The Labute approximate surface area is 85.3 Å². The van der Waals surface area contributed by atoms with Crippen LogP contribution in [-0.4, -0.2) is 35.9 Å². The van der Waals surface area contributed by atoms with Gasteiger partial charge >= 0.3 is 0 Å². The lowest BCUT2D eigenvalue weighted by Gasteiger charge is -2.24. The summed E-state index contributed by atoms with van der Waals surface area (Å²) in [7, 11) is 1.86. The summed E-state index contributed by atoms with van der Waals surface area (Å²) in [5, 5.41) is 3.41. The van der Waals surface area contributed by atoms with Gasteiger partial charge < -0.3 is 10.1 Å². The number of methoxy groups -OCH3 is 1. The van der Waals surface area contributed by atoms with Gasteiger partial charge in [-0.25, -0.2) is 0 Å². The van der Waals surface area contributed by atoms with E-state index < -0.39 is 0 Å². The highest BCUT2D eigenvalue weighted by Crippen LogP contribution is 2.20. The summed E-state index contributed by atoms with van der Waals surface area (Å²) in [6, 6.07) is 1.41. The van der Waals surface area contributed by atoms with Crippen molar-refractivity contribution in [3.63, 3.8) is 0 Å². The molecule has 0 rings (SSSR count). The van der Waals surface area contributed by atoms with Gasteiger partial charge in [-0.3, -0.25) is 0 Å². The molecular formula is C10H25NOSi. The number of ether oxygens (including phenoxy) is 1. The molecular weight excluding hydrogens is 178 g/mol. The molecule has 0 aromatic heterocycles. The van der Waals surface area contributed by atoms with Crippen molar-refractivity contribution in [2.75, 3.05) is 26.4 Å². The quantitative estimate of drug-likeness (QED) is 0.473. The lowest BCUT2D eigenvalue weighted by Crippen LogP contribution is -2.29. The zero-order chi connectivity index (χ0) is 10.2. The van der Waals surface area contributed by atoms with Crippen molar-refractivity contribution in [1.82, 2.24) is 5.32 Å². The van der Waals surface area contributed by atoms with Gasteiger partial charge in [-0.05, 0) is 18.4 Å². The van der Waals surface area contributed by atoms with Gasteiger partial charge in [0.05, 0.1) is 9.52 Å². The van der Waals surface area contributed by atoms with Gasteiger partial charge in [-0.1, -0.05) is 26.8 Å². The molecule has 0 aliphatic heterocycles. The highest BCUT2D eigenvalue weighted by Gasteiger charge is 2.15. The molecule has 0 amide bonds. The zero-order valence-electron chi connectivity index (χ0n) is 9.65. The molecule has 0 fully saturated rings. The highest BCUT2D eigenvalue weighted by molar-refractivity contribution is 6.35. The fourth-order valence-electron chi connectivity index (χ4n) is 1.40. The number of hydrogen-bond acceptors (Lipinski definition) is 2. The summed E-state index contributed by atoms with van der Waals surface area (Å²) >= 11 is 0. The summed E-state index contributed by atoms with van der Waals surface area (Å²) in [5.41, 5.74) is 0.469. The Balaban J connectivity index is 3.39. The molecule has 2 nitrogen and oxygen atoms in total. The van der Waals surface area contributed by atoms with Crippen LogP contribution in [0.15, 0.2) is 0 Å². The predicted octanol–water partition coefficient (Wildman–Crippen LogP) is 1.20. The van der Waals surface area contributed by atoms with Gasteiger partial charge in [0.2, 0.25) is 0 Å². The molecule has 0 heterocycles. The first-order chi connectivity index (χ1) is 6.12. The second-order valence-corrected chi connectivity index (χ2v) is 6.22. The van der Waals surface area contributed by atoms with Crippen LogP contribution in [-0.2, 0) is 4.74 Å². The molecule has 0 spiro atoms. The van der Waals surface area contributed by atoms with E-state index in [0.717, 1.165) is 19.3 Å². The normalized spacial score (nSPS) is 12.9. The molecule has 0 saturated carbocycles. The third kappa shape index (κ3) is 8.47. The van der Waals surface area contributed by atoms with Crippen LogP contribution in [0.4, 0.5) is 0 Å². The van der Waals surface area contributed by atoms with Crippen molar-refractivity contribution < 1.29 is 4.74 Å². The summed E-state index contributed by atoms with van der Waals surface area (Å²) < 4.78 is 5.08. The second kappa shape index (κ2) is 7.53. The van der Waals surface area contributed by atoms with E-state index in [2.05, 4.69) is 26.1 Å². The largest absolute Gasteiger partial charge is 0.389 e. The molecule has 0 bridgehead atoms. The molecule has 0 aromatic rings. The molecule has 0 radical (unpaired) electrons. The molecule has 3 heteroatoms. The van der Waals surface area contributed by atoms with Gasteiger partial charge in [0.25, 0.3) is 0 Å². The maximum Gasteiger partial charge on any atom is 0.0516 e. The van der Waals surface area contributed by atoms with Crippen molar-refractivity contribution in [3.8, 4) is 0 Å². The average Bonchev–Trinajstić information content (AvgIpc) is 2.09. The Hall–Kier alpha value is 0.137. The monoisotopic (exact) mass is 203 g/mol. The SMILES string of the molecule is CCNCC(C)(C)CC[SiH2]COC. The van der Waals surface area contributed by atoms with Crippen LogP contribution in [0, 0.1) is 5.41 Å². The Morgan fingerprint density at radius 2 is 2.08 bits per heavy atom. The van der Waals surface area contributed by atoms with Crippen LogP contribution in [0.3, 0.4) is 0 Å². The van der Waals surface area contributed by atoms with E-state index in [0.29, 0.717) is 5.41 Å². The van der Waals surface area contributed by atoms with E-state index in [-0.39, 0.29) is 9.52 Å². The van der Waals surface area contributed by atoms with Crippen LogP contribution in [0.1, 0.15) is 27.2 Å². The van der Waals surface area contributed by atoms with Gasteiger partial charge in [-0.15, -0.1) is 0 Å². The van der Waals surface area contributed by atoms with Gasteiger partial charge in [-0.2, -0.15) is 0 Å². The van der Waals surface area contributed by atoms with Crippen LogP contribution in [0.25, 0.3) is 0 Å². The summed E-state index contributed by atoms with van der Waals surface area (Å²) in [6.45, 7) is 9.08. The molecule has 0 unspecified atom stereocenters. The fraction of sp³-hybridized carbons (Fsp3) is 1.00. The first kappa shape index (κ1) is 13.1. The minimum absolute atomic E-state index is 0.0582. The maximum absolute atomic E-state index is 5.08. The van der Waals surface area contributed by atoms with E-state index in [1.54, 1.807) is 7.11 Å². The van der Waals surface area contributed by atoms with E-state index in [4.69, 9.17) is 4.74 Å². The smallest absolute Gasteiger partial charge is 0.0516 e. The van der Waals surface area contributed by atoms with Crippen LogP contribution >= 0.6 is 0 Å². The summed E-state index contributed by atoms with van der Waals surface area (Å²) in [5.74, 6) is 0. The molecule has 0 saturated heterocycles. The van der Waals surface area contributed by atoms with Crippen molar-refractivity contribution in [3.05, 3.63) is 0 Å². The van der Waals surface area contributed by atoms with Gasteiger partial charge in [0, 0.05) is 19.9 Å². The van der Waals surface area contributed by atoms with Crippen LogP contribution < -0.4 is 5.32 Å². The first-order valence-corrected chi connectivity index (χ1v) is 7.32. The molecule has 0 aliphatic carbocycles. The molecule has 1 N–H and O–H groups in total. The summed E-state index contributed by atoms with van der Waals surface area (Å²) in [4.78, 5) is 0. The number of hydrogen-bond donors (Lipinski definition) is 1. The maximum atomic E-state index is 5.08. The Morgan fingerprint density at radius 1 is 1.38 bits per heavy atom. The van der Waals surface area contributed by atoms with Crippen molar-refractivity contribution in [2.45, 2.75) is 33.2 Å². The molecule has 0 aromatic carbocycles. The van der Waals surface area contributed by atoms with Crippen molar-refractivity contribution in [1.29, 1.82) is 0 Å². The predicted molar refractivity (Wildman–Crippen MR) is 62.2 cm³/mol. The van der Waals surface area contributed by atoms with E-state index >= 15 is 0 Å². The van der Waals surface area contributed by atoms with Crippen LogP contribution in [0.5, 0.6) is 0 Å². The Kier molecular flexibility index (Phi) is 7.61. The fourth-order valence-corrected chi connectivity index (χ4v) is 3.10. The minimum atomic E-state index is 0.0582. The second-order valence-electron chi connectivity index (χ2n) is 4.39. The lowest BCUT2D eigenvalue weighted by atomic mass is 9.90. The van der Waals surface area contributed by atoms with E-state index in [1.807, 2.05) is 0 Å². The topological polar surface area (TPSA) is 21.3 Å². The van der Waals surface area contributed by atoms with Crippen molar-refractivity contribution in [2.24, 2.45) is 5.41 Å². The third-order valence-electron chi connectivity index (χ3n) is 2.31. The standard InChI is InChI=1S/C10H25NOSi/c1-5-11-8-10(2,3)6-7-13-9-12-4/h11H,5-9,13H2,1-4H3. The van der Waals surface area contributed by atoms with Gasteiger partial charge in [0.1, 0.15) is 0 Å². The lowest BCUT2D eigenvalue weighted by molar-refractivity contribution is 0.250. The van der Waals surface area contributed by atoms with E-state index in [1.165, 1.54) is 12.5 Å². The van der Waals surface area contributed by atoms with Crippen molar-refractivity contribution >= 4 is 9.52 Å². The Morgan fingerprint density at radius 3 is 2.62 bits per heavy atom. The molecule has 80 valence electrons. The molecule has 0 aliphatic rings. The molecule has 0 atom stereocenters. The van der Waals surface area contributed by atoms with Gasteiger partial charge in [0.15, 0.2) is 0 Å². The van der Waals surface area contributed by atoms with Crippen LogP contribution in [0.2, 0.25) is 6.04 Å². The highest BCUT2D eigenvalue weighted by atomic mass is 28.2. The first-order valence-electron chi connectivity index (χ1n) is 5.32. The number of rotatable bonds is 8. The third-order valence-corrected chi connectivity index (χ3v) is 3.86.